The number of benzene rings is 1. The first-order valence-electron chi connectivity index (χ1n) is 7.89. The van der Waals surface area contributed by atoms with E-state index in [2.05, 4.69) is 13.8 Å². The molecular formula is C16H23F5OSi. The molecule has 1 aromatic carbocycles. The SMILES string of the molecule is CC[Si](CC)(CCCCCc1c(F)c(F)c(F)c(F)c1F)OC. The van der Waals surface area contributed by atoms with Crippen molar-refractivity contribution in [2.45, 2.75) is 57.7 Å². The van der Waals surface area contributed by atoms with E-state index in [0.29, 0.717) is 12.8 Å². The van der Waals surface area contributed by atoms with Gasteiger partial charge in [0, 0.05) is 12.7 Å². The van der Waals surface area contributed by atoms with Crippen LogP contribution >= 0.6 is 0 Å². The molecule has 1 aromatic rings. The molecule has 0 aromatic heterocycles. The highest BCUT2D eigenvalue weighted by Gasteiger charge is 2.29. The van der Waals surface area contributed by atoms with E-state index in [4.69, 9.17) is 4.43 Å². The van der Waals surface area contributed by atoms with Gasteiger partial charge in [-0.15, -0.1) is 0 Å². The van der Waals surface area contributed by atoms with Crippen LogP contribution in [0.2, 0.25) is 18.1 Å². The van der Waals surface area contributed by atoms with Crippen LogP contribution in [0.3, 0.4) is 0 Å². The Kier molecular flexibility index (Phi) is 7.67. The molecule has 0 spiro atoms. The zero-order valence-electron chi connectivity index (χ0n) is 13.7. The fraction of sp³-hybridized carbons (Fsp3) is 0.625. The van der Waals surface area contributed by atoms with Gasteiger partial charge in [-0.05, 0) is 31.0 Å². The van der Waals surface area contributed by atoms with E-state index < -0.39 is 43.0 Å². The molecule has 0 aliphatic carbocycles. The minimum atomic E-state index is -2.11. The van der Waals surface area contributed by atoms with Crippen LogP contribution in [0.5, 0.6) is 0 Å². The maximum Gasteiger partial charge on any atom is 0.200 e. The second-order valence-electron chi connectivity index (χ2n) is 5.70. The highest BCUT2D eigenvalue weighted by molar-refractivity contribution is 6.73. The molecule has 0 atom stereocenters. The van der Waals surface area contributed by atoms with Crippen molar-refractivity contribution in [3.63, 3.8) is 0 Å². The van der Waals surface area contributed by atoms with Crippen LogP contribution in [0, 0.1) is 29.1 Å². The molecule has 1 nitrogen and oxygen atoms in total. The Morgan fingerprint density at radius 1 is 0.739 bits per heavy atom. The van der Waals surface area contributed by atoms with Crippen LogP contribution in [-0.4, -0.2) is 15.4 Å². The third-order valence-corrected chi connectivity index (χ3v) is 9.29. The largest absolute Gasteiger partial charge is 0.420 e. The summed E-state index contributed by atoms with van der Waals surface area (Å²) in [5, 5.41) is 0. The van der Waals surface area contributed by atoms with Crippen LogP contribution in [0.1, 0.15) is 38.7 Å². The van der Waals surface area contributed by atoms with Gasteiger partial charge in [0.05, 0.1) is 0 Å². The van der Waals surface area contributed by atoms with E-state index >= 15 is 0 Å². The third-order valence-electron chi connectivity index (χ3n) is 4.58. The summed E-state index contributed by atoms with van der Waals surface area (Å²) in [5.41, 5.74) is -0.720. The summed E-state index contributed by atoms with van der Waals surface area (Å²) in [6.07, 6.45) is 1.71. The second-order valence-corrected chi connectivity index (χ2v) is 10.4. The Morgan fingerprint density at radius 2 is 1.22 bits per heavy atom. The molecule has 0 unspecified atom stereocenters. The van der Waals surface area contributed by atoms with Gasteiger partial charge >= 0.3 is 0 Å². The van der Waals surface area contributed by atoms with Crippen LogP contribution in [0.25, 0.3) is 0 Å². The van der Waals surface area contributed by atoms with Gasteiger partial charge in [-0.1, -0.05) is 26.7 Å². The lowest BCUT2D eigenvalue weighted by Gasteiger charge is -2.27. The van der Waals surface area contributed by atoms with Crippen molar-refractivity contribution in [1.29, 1.82) is 0 Å². The van der Waals surface area contributed by atoms with Crippen molar-refractivity contribution in [2.24, 2.45) is 0 Å². The first kappa shape index (κ1) is 20.1. The smallest absolute Gasteiger partial charge is 0.200 e. The minimum absolute atomic E-state index is 0.161. The molecule has 23 heavy (non-hydrogen) atoms. The average molecular weight is 354 g/mol. The maximum atomic E-state index is 13.5. The Morgan fingerprint density at radius 3 is 1.65 bits per heavy atom. The fourth-order valence-electron chi connectivity index (χ4n) is 2.79. The first-order chi connectivity index (χ1) is 10.8. The quantitative estimate of drug-likeness (QED) is 0.181. The molecule has 0 aliphatic rings. The molecule has 0 radical (unpaired) electrons. The summed E-state index contributed by atoms with van der Waals surface area (Å²) in [5.74, 6) is -9.29. The zero-order valence-corrected chi connectivity index (χ0v) is 14.7. The highest BCUT2D eigenvalue weighted by Crippen LogP contribution is 2.26. The van der Waals surface area contributed by atoms with Gasteiger partial charge in [0.1, 0.15) is 0 Å². The summed E-state index contributed by atoms with van der Waals surface area (Å²) in [6, 6.07) is 2.93. The van der Waals surface area contributed by atoms with Crippen molar-refractivity contribution < 1.29 is 26.4 Å². The van der Waals surface area contributed by atoms with E-state index in [0.717, 1.165) is 24.6 Å². The lowest BCUT2D eigenvalue weighted by Crippen LogP contribution is -2.34. The van der Waals surface area contributed by atoms with Crippen molar-refractivity contribution >= 4 is 8.32 Å². The first-order valence-corrected chi connectivity index (χ1v) is 10.4. The summed E-state index contributed by atoms with van der Waals surface area (Å²) in [4.78, 5) is 0. The molecule has 0 fully saturated rings. The minimum Gasteiger partial charge on any atom is -0.420 e. The summed E-state index contributed by atoms with van der Waals surface area (Å²) in [6.45, 7) is 4.18. The Hall–Kier alpha value is -0.953. The van der Waals surface area contributed by atoms with Gasteiger partial charge in [0.25, 0.3) is 0 Å². The van der Waals surface area contributed by atoms with Crippen LogP contribution in [-0.2, 0) is 10.8 Å². The molecule has 1 rings (SSSR count). The summed E-state index contributed by atoms with van der Waals surface area (Å²) < 4.78 is 71.9. The number of rotatable bonds is 9. The van der Waals surface area contributed by atoms with Crippen molar-refractivity contribution in [2.75, 3.05) is 7.11 Å². The lowest BCUT2D eigenvalue weighted by atomic mass is 10.1. The third kappa shape index (κ3) is 4.53. The van der Waals surface area contributed by atoms with Gasteiger partial charge in [-0.2, -0.15) is 0 Å². The molecule has 0 bridgehead atoms. The number of hydrogen-bond donors (Lipinski definition) is 0. The molecule has 0 saturated heterocycles. The van der Waals surface area contributed by atoms with Crippen molar-refractivity contribution in [3.8, 4) is 0 Å². The van der Waals surface area contributed by atoms with Crippen LogP contribution < -0.4 is 0 Å². The second kappa shape index (κ2) is 8.77. The fourth-order valence-corrected chi connectivity index (χ4v) is 5.67. The zero-order chi connectivity index (χ0) is 17.6. The summed E-state index contributed by atoms with van der Waals surface area (Å²) >= 11 is 0. The normalized spacial score (nSPS) is 12.0. The lowest BCUT2D eigenvalue weighted by molar-refractivity contribution is 0.368. The van der Waals surface area contributed by atoms with Crippen LogP contribution in [0.15, 0.2) is 0 Å². The van der Waals surface area contributed by atoms with Gasteiger partial charge in [0.2, 0.25) is 5.82 Å². The summed E-state index contributed by atoms with van der Waals surface area (Å²) in [7, 11) is 0.00474. The van der Waals surface area contributed by atoms with E-state index in [9.17, 15) is 22.0 Å². The van der Waals surface area contributed by atoms with Gasteiger partial charge in [-0.3, -0.25) is 0 Å². The van der Waals surface area contributed by atoms with Crippen molar-refractivity contribution in [3.05, 3.63) is 34.6 Å². The Labute approximate surface area is 135 Å². The number of halogens is 5. The van der Waals surface area contributed by atoms with E-state index in [1.807, 2.05) is 0 Å². The molecule has 0 heterocycles. The molecule has 7 heteroatoms. The predicted molar refractivity (Wildman–Crippen MR) is 82.3 cm³/mol. The topological polar surface area (TPSA) is 9.23 Å². The molecule has 0 N–H and O–H groups in total. The van der Waals surface area contributed by atoms with Gasteiger partial charge in [-0.25, -0.2) is 22.0 Å². The number of hydrogen-bond acceptors (Lipinski definition) is 1. The molecule has 0 amide bonds. The molecule has 0 aliphatic heterocycles. The monoisotopic (exact) mass is 354 g/mol. The molecular weight excluding hydrogens is 331 g/mol. The highest BCUT2D eigenvalue weighted by atomic mass is 28.4. The predicted octanol–water partition coefficient (Wildman–Crippen LogP) is 5.73. The molecule has 132 valence electrons. The standard InChI is InChI=1S/C16H23F5OSi/c1-4-23(5-2,22-3)10-8-6-7-9-11-12(17)14(19)16(21)15(20)13(11)18/h4-10H2,1-3H3. The average Bonchev–Trinajstić information content (AvgIpc) is 2.57. The molecule has 0 saturated carbocycles. The Bertz CT molecular complexity index is 494. The van der Waals surface area contributed by atoms with Crippen molar-refractivity contribution in [1.82, 2.24) is 0 Å². The van der Waals surface area contributed by atoms with E-state index in [1.165, 1.54) is 0 Å². The van der Waals surface area contributed by atoms with E-state index in [-0.39, 0.29) is 6.42 Å². The van der Waals surface area contributed by atoms with Gasteiger partial charge in [0.15, 0.2) is 31.6 Å². The van der Waals surface area contributed by atoms with Gasteiger partial charge < -0.3 is 4.43 Å². The maximum absolute atomic E-state index is 13.5. The number of unbranched alkanes of at least 4 members (excludes halogenated alkanes) is 2. The van der Waals surface area contributed by atoms with E-state index in [1.54, 1.807) is 7.11 Å². The van der Waals surface area contributed by atoms with Crippen LogP contribution in [0.4, 0.5) is 22.0 Å². The Balaban J connectivity index is 2.61.